The van der Waals surface area contributed by atoms with E-state index < -0.39 is 28.5 Å². The monoisotopic (exact) mass is 683 g/mol. The molecule has 1 fully saturated rings. The molecule has 10 heteroatoms. The lowest BCUT2D eigenvalue weighted by Gasteiger charge is -2.35. The van der Waals surface area contributed by atoms with E-state index in [0.29, 0.717) is 11.4 Å². The number of nitrogens with zero attached hydrogens (tertiary/aromatic N) is 2. The van der Waals surface area contributed by atoms with E-state index in [1.165, 1.54) is 37.3 Å². The van der Waals surface area contributed by atoms with E-state index in [9.17, 15) is 18.0 Å². The van der Waals surface area contributed by atoms with Crippen LogP contribution in [-0.4, -0.2) is 58.0 Å². The molecule has 2 amide bonds. The Morgan fingerprint density at radius 2 is 1.43 bits per heavy atom. The molecule has 0 bridgehead atoms. The van der Waals surface area contributed by atoms with Crippen LogP contribution in [0.3, 0.4) is 0 Å². The van der Waals surface area contributed by atoms with Crippen LogP contribution in [0.1, 0.15) is 48.8 Å². The molecule has 258 valence electrons. The van der Waals surface area contributed by atoms with Crippen LogP contribution in [0.25, 0.3) is 0 Å². The topological polar surface area (TPSA) is 105 Å². The third kappa shape index (κ3) is 9.00. The maximum Gasteiger partial charge on any atom is 0.264 e. The summed E-state index contributed by atoms with van der Waals surface area (Å²) in [7, 11) is -1.39. The lowest BCUT2D eigenvalue weighted by molar-refractivity contribution is -0.140. The van der Waals surface area contributed by atoms with Gasteiger partial charge in [-0.25, -0.2) is 8.42 Å². The second kappa shape index (κ2) is 16.5. The highest BCUT2D eigenvalue weighted by Gasteiger charge is 2.35. The van der Waals surface area contributed by atoms with Gasteiger partial charge in [0.05, 0.1) is 24.8 Å². The molecule has 1 aliphatic rings. The van der Waals surface area contributed by atoms with Gasteiger partial charge in [-0.05, 0) is 55.2 Å². The SMILES string of the molecule is COc1ccc(S(=O)(=O)N(CC(=O)N(Cc2ccc(C)cc2)[C@@H](Cc2ccccc2)C(=O)NC2CCCCC2)c2ccccc2)cc1OC. The second-order valence-corrected chi connectivity index (χ2v) is 14.3. The smallest absolute Gasteiger partial charge is 0.264 e. The molecule has 49 heavy (non-hydrogen) atoms. The third-order valence-corrected chi connectivity index (χ3v) is 10.7. The minimum Gasteiger partial charge on any atom is -0.493 e. The summed E-state index contributed by atoms with van der Waals surface area (Å²) in [5, 5.41) is 3.24. The van der Waals surface area contributed by atoms with E-state index in [1.54, 1.807) is 30.3 Å². The Labute approximate surface area is 289 Å². The number of carbonyl (C=O) groups excluding carboxylic acids is 2. The highest BCUT2D eigenvalue weighted by molar-refractivity contribution is 7.92. The Hall–Kier alpha value is -4.83. The van der Waals surface area contributed by atoms with Crippen LogP contribution in [0.5, 0.6) is 11.5 Å². The fraction of sp³-hybridized carbons (Fsp3) is 0.333. The fourth-order valence-corrected chi connectivity index (χ4v) is 7.65. The molecule has 1 N–H and O–H groups in total. The van der Waals surface area contributed by atoms with Gasteiger partial charge < -0.3 is 19.7 Å². The lowest BCUT2D eigenvalue weighted by Crippen LogP contribution is -2.55. The number of benzene rings is 4. The van der Waals surface area contributed by atoms with Crippen molar-refractivity contribution in [2.45, 2.75) is 69.0 Å². The molecular weight excluding hydrogens is 639 g/mol. The Balaban J connectivity index is 1.56. The molecule has 4 aromatic rings. The molecule has 1 saturated carbocycles. The molecule has 0 aliphatic heterocycles. The number of hydrogen-bond acceptors (Lipinski definition) is 6. The second-order valence-electron chi connectivity index (χ2n) is 12.4. The fourth-order valence-electron chi connectivity index (χ4n) is 6.22. The van der Waals surface area contributed by atoms with E-state index in [-0.39, 0.29) is 35.6 Å². The number of rotatable bonds is 14. The number of aryl methyl sites for hydroxylation is 1. The molecule has 0 radical (unpaired) electrons. The van der Waals surface area contributed by atoms with E-state index >= 15 is 0 Å². The van der Waals surface area contributed by atoms with Gasteiger partial charge in [-0.2, -0.15) is 0 Å². The molecule has 1 aliphatic carbocycles. The first-order chi connectivity index (χ1) is 23.7. The van der Waals surface area contributed by atoms with Crippen molar-refractivity contribution in [3.63, 3.8) is 0 Å². The zero-order chi connectivity index (χ0) is 34.8. The van der Waals surface area contributed by atoms with Gasteiger partial charge >= 0.3 is 0 Å². The van der Waals surface area contributed by atoms with Gasteiger partial charge in [-0.1, -0.05) is 97.6 Å². The molecule has 0 unspecified atom stereocenters. The van der Waals surface area contributed by atoms with Crippen LogP contribution in [0.2, 0.25) is 0 Å². The number of amides is 2. The van der Waals surface area contributed by atoms with Crippen molar-refractivity contribution in [3.05, 3.63) is 120 Å². The van der Waals surface area contributed by atoms with Crippen LogP contribution < -0.4 is 19.1 Å². The highest BCUT2D eigenvalue weighted by atomic mass is 32.2. The van der Waals surface area contributed by atoms with Crippen molar-refractivity contribution < 1.29 is 27.5 Å². The molecule has 5 rings (SSSR count). The molecule has 0 aromatic heterocycles. The summed E-state index contributed by atoms with van der Waals surface area (Å²) in [4.78, 5) is 30.4. The van der Waals surface area contributed by atoms with Gasteiger partial charge in [0.1, 0.15) is 12.6 Å². The summed E-state index contributed by atoms with van der Waals surface area (Å²) in [6.45, 7) is 1.57. The van der Waals surface area contributed by atoms with Gasteiger partial charge in [0, 0.05) is 25.1 Å². The van der Waals surface area contributed by atoms with Crippen LogP contribution >= 0.6 is 0 Å². The van der Waals surface area contributed by atoms with Gasteiger partial charge in [0.2, 0.25) is 11.8 Å². The van der Waals surface area contributed by atoms with Crippen molar-refractivity contribution in [3.8, 4) is 11.5 Å². The maximum absolute atomic E-state index is 14.7. The van der Waals surface area contributed by atoms with E-state index in [2.05, 4.69) is 5.32 Å². The van der Waals surface area contributed by atoms with Gasteiger partial charge in [-0.15, -0.1) is 0 Å². The van der Waals surface area contributed by atoms with E-state index in [1.807, 2.05) is 61.5 Å². The molecule has 0 saturated heterocycles. The summed E-state index contributed by atoms with van der Waals surface area (Å²) in [5.41, 5.74) is 3.10. The minimum atomic E-state index is -4.30. The van der Waals surface area contributed by atoms with E-state index in [4.69, 9.17) is 9.47 Å². The van der Waals surface area contributed by atoms with Gasteiger partial charge in [-0.3, -0.25) is 13.9 Å². The number of nitrogens with one attached hydrogen (secondary N) is 1. The Morgan fingerprint density at radius 1 is 0.796 bits per heavy atom. The summed E-state index contributed by atoms with van der Waals surface area (Å²) < 4.78 is 40.6. The van der Waals surface area contributed by atoms with Crippen molar-refractivity contribution in [2.24, 2.45) is 0 Å². The van der Waals surface area contributed by atoms with Crippen LogP contribution in [0.15, 0.2) is 108 Å². The molecule has 1 atom stereocenters. The minimum absolute atomic E-state index is 0.0297. The van der Waals surface area contributed by atoms with Crippen LogP contribution in [0.4, 0.5) is 5.69 Å². The van der Waals surface area contributed by atoms with Crippen molar-refractivity contribution >= 4 is 27.5 Å². The summed E-state index contributed by atoms with van der Waals surface area (Å²) in [5.74, 6) is -0.134. The zero-order valence-corrected chi connectivity index (χ0v) is 29.2. The first-order valence-corrected chi connectivity index (χ1v) is 18.1. The van der Waals surface area contributed by atoms with Crippen molar-refractivity contribution in [2.75, 3.05) is 25.1 Å². The van der Waals surface area contributed by atoms with Crippen LogP contribution in [0, 0.1) is 6.92 Å². The standard InChI is InChI=1S/C39H45N3O6S/c1-29-19-21-31(22-20-29)27-41(35(25-30-13-7-4-8-14-30)39(44)40-32-15-9-5-10-16-32)38(43)28-42(33-17-11-6-12-18-33)49(45,46)34-23-24-36(47-2)37(26-34)48-3/h4,6-8,11-14,17-24,26,32,35H,5,9-10,15-16,25,27-28H2,1-3H3,(H,40,44)/t35-/m0/s1. The number of anilines is 1. The molecule has 0 heterocycles. The first-order valence-electron chi connectivity index (χ1n) is 16.7. The Kier molecular flexibility index (Phi) is 12.0. The molecule has 9 nitrogen and oxygen atoms in total. The van der Waals surface area contributed by atoms with Gasteiger partial charge in [0.15, 0.2) is 11.5 Å². The van der Waals surface area contributed by atoms with Crippen molar-refractivity contribution in [1.82, 2.24) is 10.2 Å². The predicted octanol–water partition coefficient (Wildman–Crippen LogP) is 6.30. The normalized spacial score (nSPS) is 14.0. The molecule has 4 aromatic carbocycles. The largest absolute Gasteiger partial charge is 0.493 e. The van der Waals surface area contributed by atoms with Gasteiger partial charge in [0.25, 0.3) is 10.0 Å². The predicted molar refractivity (Wildman–Crippen MR) is 191 cm³/mol. The first kappa shape index (κ1) is 35.5. The quantitative estimate of drug-likeness (QED) is 0.167. The number of methoxy groups -OCH3 is 2. The number of ether oxygens (including phenoxy) is 2. The number of para-hydroxylation sites is 1. The zero-order valence-electron chi connectivity index (χ0n) is 28.4. The maximum atomic E-state index is 14.7. The van der Waals surface area contributed by atoms with Crippen LogP contribution in [-0.2, 0) is 32.6 Å². The number of hydrogen-bond donors (Lipinski definition) is 1. The number of sulfonamides is 1. The molecular formula is C39H45N3O6S. The Bertz CT molecular complexity index is 1790. The summed E-state index contributed by atoms with van der Waals surface area (Å²) >= 11 is 0. The molecule has 0 spiro atoms. The summed E-state index contributed by atoms with van der Waals surface area (Å²) in [6.07, 6.45) is 5.27. The summed E-state index contributed by atoms with van der Waals surface area (Å²) in [6, 6.07) is 29.4. The third-order valence-electron chi connectivity index (χ3n) is 8.96. The average Bonchev–Trinajstić information content (AvgIpc) is 3.13. The lowest BCUT2D eigenvalue weighted by atomic mass is 9.94. The Morgan fingerprint density at radius 3 is 2.06 bits per heavy atom. The van der Waals surface area contributed by atoms with Crippen molar-refractivity contribution in [1.29, 1.82) is 0 Å². The number of carbonyl (C=O) groups is 2. The van der Waals surface area contributed by atoms with E-state index in [0.717, 1.165) is 53.1 Å². The highest BCUT2D eigenvalue weighted by Crippen LogP contribution is 2.32. The average molecular weight is 684 g/mol.